The minimum Gasteiger partial charge on any atom is -0.741 e. The average Bonchev–Trinajstić information content (AvgIpc) is 3.09. The van der Waals surface area contributed by atoms with Gasteiger partial charge in [-0.1, -0.05) is 0 Å². The van der Waals surface area contributed by atoms with Gasteiger partial charge in [-0.3, -0.25) is 0 Å². The van der Waals surface area contributed by atoms with Gasteiger partial charge in [0, 0.05) is 0 Å². The van der Waals surface area contributed by atoms with Gasteiger partial charge in [-0.2, -0.15) is 13.2 Å². The summed E-state index contributed by atoms with van der Waals surface area (Å²) in [7, 11) is -11.5. The molecule has 2 aromatic rings. The number of halogens is 4. The predicted molar refractivity (Wildman–Crippen MR) is 219 cm³/mol. The van der Waals surface area contributed by atoms with Crippen molar-refractivity contribution in [2.45, 2.75) is 148 Å². The molecule has 0 fully saturated rings. The first-order chi connectivity index (χ1) is 25.4. The van der Waals surface area contributed by atoms with Gasteiger partial charge in [-0.25, -0.2) is 8.42 Å². The van der Waals surface area contributed by atoms with Crippen molar-refractivity contribution in [3.63, 3.8) is 0 Å². The van der Waals surface area contributed by atoms with E-state index in [9.17, 15) is 21.6 Å². The summed E-state index contributed by atoms with van der Waals surface area (Å²) >= 11 is -3.52. The third kappa shape index (κ3) is 19.3. The van der Waals surface area contributed by atoms with Crippen LogP contribution in [0.4, 0.5) is 13.2 Å². The SMILES string of the molecule is CCC[CH2][Sn]([C]#CC(CCCN([I+]c1ccccc1)S(=O)(=O)c1ccc(C)cc1)CCO[Si](C)(C)C(C)(C)C)([CH2]CCC)[CH2]CCC.O=S(=O)([O-])C(F)(F)F. The van der Waals surface area contributed by atoms with Crippen molar-refractivity contribution >= 4 is 46.8 Å². The standard InChI is InChI=1S/C27H38INO3SSi.3C4H9.CHF3O3S.Sn/c1-8-24(20-22-32-34(6,7)27(3,4)5)13-12-21-29(28-25-14-10-9-11-15-25)33(30,31)26-18-16-23(2)17-19-26;3*1-3-4-2;2-1(3,4)8(5,6)7;/h9-11,14-19,24H,12-13,20-22H2,2-7H3;3*1,3-4H2,2H3;(H,5,6,7);/q+1;;;;;/p-1. The predicted octanol–water partition coefficient (Wildman–Crippen LogP) is 8.11. The Morgan fingerprint density at radius 2 is 1.33 bits per heavy atom. The van der Waals surface area contributed by atoms with Gasteiger partial charge >= 0.3 is 307 Å². The molecule has 7 nitrogen and oxygen atoms in total. The molecule has 0 aliphatic rings. The molecule has 0 heterocycles. The summed E-state index contributed by atoms with van der Waals surface area (Å²) in [5.41, 5.74) is -4.58. The van der Waals surface area contributed by atoms with Crippen molar-refractivity contribution < 1.29 is 60.5 Å². The molecule has 0 amide bonds. The third-order valence-electron chi connectivity index (χ3n) is 9.98. The van der Waals surface area contributed by atoms with E-state index in [1.54, 1.807) is 14.7 Å². The molecule has 1 atom stereocenters. The number of hydrogen-bond acceptors (Lipinski definition) is 6. The second-order valence-electron chi connectivity index (χ2n) is 15.7. The molecule has 0 spiro atoms. The van der Waals surface area contributed by atoms with E-state index >= 15 is 0 Å². The Hall–Kier alpha value is -0.684. The van der Waals surface area contributed by atoms with Gasteiger partial charge in [-0.15, -0.1) is 0 Å². The molecule has 0 radical (unpaired) electrons. The molecule has 55 heavy (non-hydrogen) atoms. The minimum absolute atomic E-state index is 0.173. The topological polar surface area (TPSA) is 104 Å². The van der Waals surface area contributed by atoms with E-state index in [4.69, 9.17) is 17.4 Å². The second-order valence-corrected chi connectivity index (χ2v) is 39.6. The van der Waals surface area contributed by atoms with E-state index in [1.807, 2.05) is 37.3 Å². The quantitative estimate of drug-likeness (QED) is 0.0313. The van der Waals surface area contributed by atoms with Gasteiger partial charge in [0.25, 0.3) is 0 Å². The zero-order valence-electron chi connectivity index (χ0n) is 34.4. The second kappa shape index (κ2) is 24.4. The summed E-state index contributed by atoms with van der Waals surface area (Å²) in [5.74, 6) is 4.17. The molecule has 0 aliphatic carbocycles. The number of rotatable bonds is 21. The molecule has 15 heteroatoms. The van der Waals surface area contributed by atoms with Crippen LogP contribution in [0.25, 0.3) is 0 Å². The van der Waals surface area contributed by atoms with Crippen LogP contribution in [-0.2, 0) is 24.6 Å². The zero-order chi connectivity index (χ0) is 42.0. The Balaban J connectivity index is 0.00000169. The first-order valence-corrected chi connectivity index (χ1v) is 34.7. The smallest absolute Gasteiger partial charge is 0.485 e. The van der Waals surface area contributed by atoms with E-state index in [0.717, 1.165) is 35.0 Å². The summed E-state index contributed by atoms with van der Waals surface area (Å²) in [6, 6.07) is 17.4. The molecule has 0 aliphatic heterocycles. The summed E-state index contributed by atoms with van der Waals surface area (Å²) in [5, 5.41) is 0.173. The molecule has 1 unspecified atom stereocenters. The van der Waals surface area contributed by atoms with Gasteiger partial charge in [0.15, 0.2) is 10.1 Å². The van der Waals surface area contributed by atoms with Crippen LogP contribution in [0.15, 0.2) is 59.5 Å². The van der Waals surface area contributed by atoms with Crippen molar-refractivity contribution in [3.8, 4) is 9.86 Å². The first-order valence-electron chi connectivity index (χ1n) is 19.4. The van der Waals surface area contributed by atoms with Crippen molar-refractivity contribution in [2.75, 3.05) is 13.2 Å². The summed E-state index contributed by atoms with van der Waals surface area (Å²) in [6.07, 6.45) is 10.3. The largest absolute Gasteiger partial charge is 0.741 e. The Labute approximate surface area is 347 Å². The molecular weight excluding hydrogens is 985 g/mol. The Kier molecular flexibility index (Phi) is 23.2. The maximum atomic E-state index is 14.0. The van der Waals surface area contributed by atoms with E-state index in [2.05, 4.69) is 76.6 Å². The number of unbranched alkanes of at least 4 members (excludes halogenated alkanes) is 3. The summed E-state index contributed by atoms with van der Waals surface area (Å²) in [4.78, 5) is 0.388. The summed E-state index contributed by atoms with van der Waals surface area (Å²) in [6.45, 7) is 21.8. The van der Waals surface area contributed by atoms with Crippen LogP contribution >= 0.6 is 0 Å². The molecular formula is C40H65F3INO6S2SiSn. The third-order valence-corrected chi connectivity index (χ3v) is 34.1. The molecule has 314 valence electrons. The van der Waals surface area contributed by atoms with Gasteiger partial charge < -0.3 is 4.55 Å². The normalized spacial score (nSPS) is 13.5. The first kappa shape index (κ1) is 52.3. The summed E-state index contributed by atoms with van der Waals surface area (Å²) < 4.78 is 105. The van der Waals surface area contributed by atoms with E-state index in [1.165, 1.54) is 51.8 Å². The fourth-order valence-electron chi connectivity index (χ4n) is 5.40. The Morgan fingerprint density at radius 1 is 0.836 bits per heavy atom. The van der Waals surface area contributed by atoms with Crippen molar-refractivity contribution in [1.29, 1.82) is 0 Å². The van der Waals surface area contributed by atoms with Crippen LogP contribution in [0.2, 0.25) is 31.4 Å². The maximum absolute atomic E-state index is 14.0. The van der Waals surface area contributed by atoms with Gasteiger partial charge in [-0.05, 0) is 6.92 Å². The molecule has 0 bridgehead atoms. The molecule has 2 rings (SSSR count). The number of aryl methyl sites for hydroxylation is 1. The molecule has 0 saturated heterocycles. The minimum atomic E-state index is -6.09. The monoisotopic (exact) mass is 1050 g/mol. The number of sulfonamides is 1. The zero-order valence-corrected chi connectivity index (χ0v) is 42.0. The van der Waals surface area contributed by atoms with Crippen molar-refractivity contribution in [2.24, 2.45) is 5.92 Å². The Morgan fingerprint density at radius 3 is 1.76 bits per heavy atom. The van der Waals surface area contributed by atoms with Gasteiger partial charge in [0.2, 0.25) is 0 Å². The fraction of sp³-hybridized carbons (Fsp3) is 0.650. The van der Waals surface area contributed by atoms with E-state index in [0.29, 0.717) is 11.4 Å². The molecule has 0 aromatic heterocycles. The Bertz CT molecular complexity index is 1660. The van der Waals surface area contributed by atoms with E-state index in [-0.39, 0.29) is 11.0 Å². The molecule has 0 N–H and O–H groups in total. The number of hydrogen-bond donors (Lipinski definition) is 0. The molecule has 0 saturated carbocycles. The van der Waals surface area contributed by atoms with Crippen LogP contribution < -0.4 is 21.5 Å². The van der Waals surface area contributed by atoms with Gasteiger partial charge in [0.05, 0.1) is 0 Å². The van der Waals surface area contributed by atoms with Crippen LogP contribution in [-0.4, -0.2) is 69.3 Å². The van der Waals surface area contributed by atoms with Crippen LogP contribution in [0, 0.1) is 26.3 Å². The van der Waals surface area contributed by atoms with Crippen molar-refractivity contribution in [1.82, 2.24) is 2.52 Å². The number of nitrogens with zero attached hydrogens (tertiary/aromatic N) is 1. The van der Waals surface area contributed by atoms with E-state index < -0.39 is 73.8 Å². The van der Waals surface area contributed by atoms with Crippen molar-refractivity contribution in [3.05, 3.63) is 63.7 Å². The van der Waals surface area contributed by atoms with Gasteiger partial charge in [0.1, 0.15) is 0 Å². The number of benzene rings is 2. The van der Waals surface area contributed by atoms with Crippen LogP contribution in [0.1, 0.15) is 105 Å². The molecule has 2 aromatic carbocycles. The van der Waals surface area contributed by atoms with Crippen LogP contribution in [0.5, 0.6) is 0 Å². The maximum Gasteiger partial charge on any atom is 0.485 e. The average molecular weight is 1050 g/mol. The fourth-order valence-corrected chi connectivity index (χ4v) is 25.1. The number of alkyl halides is 3. The van der Waals surface area contributed by atoms with Crippen LogP contribution in [0.3, 0.4) is 0 Å².